The lowest BCUT2D eigenvalue weighted by molar-refractivity contribution is -0.123. The Balaban J connectivity index is 1.81. The summed E-state index contributed by atoms with van der Waals surface area (Å²) >= 11 is 0. The van der Waals surface area contributed by atoms with Crippen LogP contribution in [0.5, 0.6) is 0 Å². The maximum Gasteiger partial charge on any atom is 0.151 e. The molecule has 1 aromatic rings. The van der Waals surface area contributed by atoms with Crippen LogP contribution in [0.2, 0.25) is 0 Å². The molecule has 0 N–H and O–H groups in total. The molecule has 0 spiro atoms. The van der Waals surface area contributed by atoms with Gasteiger partial charge in [-0.05, 0) is 12.0 Å². The monoisotopic (exact) mass is 404 g/mol. The third kappa shape index (κ3) is 16.3. The Morgan fingerprint density at radius 3 is 1.79 bits per heavy atom. The molecule has 0 aliphatic carbocycles. The number of benzene rings is 1. The third-order valence-corrected chi connectivity index (χ3v) is 5.38. The van der Waals surface area contributed by atoms with E-state index in [9.17, 15) is 4.79 Å². The Labute approximate surface area is 179 Å². The zero-order valence-corrected chi connectivity index (χ0v) is 18.8. The molecule has 1 atom stereocenters. The van der Waals surface area contributed by atoms with Crippen LogP contribution in [0, 0.1) is 0 Å². The van der Waals surface area contributed by atoms with Crippen LogP contribution in [-0.4, -0.2) is 25.6 Å². The van der Waals surface area contributed by atoms with Gasteiger partial charge in [0.1, 0.15) is 6.10 Å². The normalized spacial score (nSPS) is 12.2. The van der Waals surface area contributed by atoms with Crippen molar-refractivity contribution in [2.24, 2.45) is 0 Å². The Kier molecular flexibility index (Phi) is 17.9. The molecule has 0 fully saturated rings. The van der Waals surface area contributed by atoms with Gasteiger partial charge in [-0.3, -0.25) is 0 Å². The van der Waals surface area contributed by atoms with E-state index < -0.39 is 6.10 Å². The lowest BCUT2D eigenvalue weighted by Gasteiger charge is -2.12. The number of carbonyl (C=O) groups is 1. The van der Waals surface area contributed by atoms with Gasteiger partial charge in [-0.25, -0.2) is 0 Å². The highest BCUT2D eigenvalue weighted by atomic mass is 16.5. The zero-order chi connectivity index (χ0) is 20.8. The van der Waals surface area contributed by atoms with Crippen molar-refractivity contribution < 1.29 is 14.3 Å². The smallest absolute Gasteiger partial charge is 0.151 e. The molecule has 0 aliphatic rings. The summed E-state index contributed by atoms with van der Waals surface area (Å²) < 4.78 is 11.2. The van der Waals surface area contributed by atoms with Gasteiger partial charge >= 0.3 is 0 Å². The molecule has 3 nitrogen and oxygen atoms in total. The summed E-state index contributed by atoms with van der Waals surface area (Å²) in [7, 11) is 0. The van der Waals surface area contributed by atoms with E-state index in [4.69, 9.17) is 9.47 Å². The van der Waals surface area contributed by atoms with Gasteiger partial charge in [-0.15, -0.1) is 0 Å². The Hall–Kier alpha value is -1.19. The van der Waals surface area contributed by atoms with Crippen molar-refractivity contribution in [3.8, 4) is 0 Å². The molecule has 29 heavy (non-hydrogen) atoms. The minimum atomic E-state index is -0.471. The molecule has 1 unspecified atom stereocenters. The fourth-order valence-electron chi connectivity index (χ4n) is 3.50. The first-order valence-electron chi connectivity index (χ1n) is 12.1. The van der Waals surface area contributed by atoms with E-state index in [-0.39, 0.29) is 0 Å². The highest BCUT2D eigenvalue weighted by Crippen LogP contribution is 2.13. The summed E-state index contributed by atoms with van der Waals surface area (Å²) in [5, 5.41) is 0. The molecular formula is C26H44O3. The van der Waals surface area contributed by atoms with Crippen LogP contribution in [0.4, 0.5) is 0 Å². The average molecular weight is 405 g/mol. The second-order valence-corrected chi connectivity index (χ2v) is 8.14. The minimum Gasteiger partial charge on any atom is -0.378 e. The van der Waals surface area contributed by atoms with Crippen LogP contribution in [0.15, 0.2) is 30.3 Å². The van der Waals surface area contributed by atoms with Crippen LogP contribution in [0.25, 0.3) is 0 Å². The molecule has 0 radical (unpaired) electrons. The maximum atomic E-state index is 11.1. The predicted molar refractivity (Wildman–Crippen MR) is 122 cm³/mol. The van der Waals surface area contributed by atoms with Crippen molar-refractivity contribution >= 4 is 6.29 Å². The molecule has 1 rings (SSSR count). The minimum absolute atomic E-state index is 0.356. The van der Waals surface area contributed by atoms with E-state index in [1.54, 1.807) is 0 Å². The molecule has 0 aromatic heterocycles. The molecule has 1 aromatic carbocycles. The second kappa shape index (κ2) is 20.1. The fourth-order valence-corrected chi connectivity index (χ4v) is 3.50. The first-order valence-corrected chi connectivity index (χ1v) is 12.1. The van der Waals surface area contributed by atoms with Gasteiger partial charge in [-0.2, -0.15) is 0 Å². The van der Waals surface area contributed by atoms with Crippen LogP contribution in [0.1, 0.15) is 102 Å². The summed E-state index contributed by atoms with van der Waals surface area (Å²) in [6.07, 6.45) is 19.4. The summed E-state index contributed by atoms with van der Waals surface area (Å²) in [5.41, 5.74) is 1.08. The summed E-state index contributed by atoms with van der Waals surface area (Å²) in [5.74, 6) is 0. The van der Waals surface area contributed by atoms with Gasteiger partial charge in [0.25, 0.3) is 0 Å². The van der Waals surface area contributed by atoms with Gasteiger partial charge in [0.15, 0.2) is 6.29 Å². The number of rotatable bonds is 21. The van der Waals surface area contributed by atoms with Gasteiger partial charge in [-0.1, -0.05) is 121 Å². The number of ether oxygens (including phenoxy) is 2. The van der Waals surface area contributed by atoms with Crippen molar-refractivity contribution in [2.75, 3.05) is 13.2 Å². The SMILES string of the molecule is CCCCCCCCCCCCCCCCOCC(C=O)OCc1ccccc1. The van der Waals surface area contributed by atoms with E-state index in [1.165, 1.54) is 83.5 Å². The van der Waals surface area contributed by atoms with Crippen LogP contribution < -0.4 is 0 Å². The van der Waals surface area contributed by atoms with E-state index in [0.717, 1.165) is 24.9 Å². The summed E-state index contributed by atoms with van der Waals surface area (Å²) in [6, 6.07) is 9.91. The lowest BCUT2D eigenvalue weighted by Crippen LogP contribution is -2.21. The van der Waals surface area contributed by atoms with Crippen molar-refractivity contribution in [3.63, 3.8) is 0 Å². The number of aldehydes is 1. The molecule has 0 heterocycles. The quantitative estimate of drug-likeness (QED) is 0.160. The highest BCUT2D eigenvalue weighted by Gasteiger charge is 2.08. The van der Waals surface area contributed by atoms with Crippen LogP contribution in [0.3, 0.4) is 0 Å². The van der Waals surface area contributed by atoms with E-state index in [2.05, 4.69) is 6.92 Å². The third-order valence-electron chi connectivity index (χ3n) is 5.38. The first kappa shape index (κ1) is 25.8. The Morgan fingerprint density at radius 1 is 0.759 bits per heavy atom. The van der Waals surface area contributed by atoms with Crippen molar-refractivity contribution in [3.05, 3.63) is 35.9 Å². The lowest BCUT2D eigenvalue weighted by atomic mass is 10.0. The van der Waals surface area contributed by atoms with Gasteiger partial charge in [0.05, 0.1) is 13.2 Å². The van der Waals surface area contributed by atoms with Crippen LogP contribution >= 0.6 is 0 Å². The van der Waals surface area contributed by atoms with Crippen molar-refractivity contribution in [1.29, 1.82) is 0 Å². The molecule has 0 bridgehead atoms. The maximum absolute atomic E-state index is 11.1. The Bertz CT molecular complexity index is 460. The Morgan fingerprint density at radius 2 is 1.28 bits per heavy atom. The van der Waals surface area contributed by atoms with Crippen molar-refractivity contribution in [1.82, 2.24) is 0 Å². The fraction of sp³-hybridized carbons (Fsp3) is 0.731. The predicted octanol–water partition coefficient (Wildman–Crippen LogP) is 7.27. The van der Waals surface area contributed by atoms with E-state index >= 15 is 0 Å². The largest absolute Gasteiger partial charge is 0.378 e. The molecule has 0 saturated heterocycles. The number of unbranched alkanes of at least 4 members (excludes halogenated alkanes) is 13. The molecular weight excluding hydrogens is 360 g/mol. The first-order chi connectivity index (χ1) is 14.4. The average Bonchev–Trinajstić information content (AvgIpc) is 2.76. The van der Waals surface area contributed by atoms with Gasteiger partial charge in [0.2, 0.25) is 0 Å². The van der Waals surface area contributed by atoms with Gasteiger partial charge < -0.3 is 14.3 Å². The molecule has 0 amide bonds. The molecule has 166 valence electrons. The molecule has 0 saturated carbocycles. The highest BCUT2D eigenvalue weighted by molar-refractivity contribution is 5.56. The van der Waals surface area contributed by atoms with Gasteiger partial charge in [0, 0.05) is 6.61 Å². The summed E-state index contributed by atoms with van der Waals surface area (Å²) in [6.45, 7) is 3.80. The standard InChI is InChI=1S/C26H44O3/c1-2-3-4-5-6-7-8-9-10-11-12-13-14-18-21-28-24-26(22-27)29-23-25-19-16-15-17-20-25/h15-17,19-20,22,26H,2-14,18,21,23-24H2,1H3. The topological polar surface area (TPSA) is 35.5 Å². The number of hydrogen-bond donors (Lipinski definition) is 0. The molecule has 3 heteroatoms. The van der Waals surface area contributed by atoms with E-state index in [1.807, 2.05) is 30.3 Å². The van der Waals surface area contributed by atoms with Crippen molar-refractivity contribution in [2.45, 2.75) is 110 Å². The van der Waals surface area contributed by atoms with E-state index in [0.29, 0.717) is 13.2 Å². The number of carbonyl (C=O) groups excluding carboxylic acids is 1. The second-order valence-electron chi connectivity index (χ2n) is 8.14. The molecule has 0 aliphatic heterocycles. The summed E-state index contributed by atoms with van der Waals surface area (Å²) in [4.78, 5) is 11.1. The number of hydrogen-bond acceptors (Lipinski definition) is 3. The van der Waals surface area contributed by atoms with Crippen LogP contribution in [-0.2, 0) is 20.9 Å². The zero-order valence-electron chi connectivity index (χ0n) is 18.8.